The Morgan fingerprint density at radius 3 is 2.43 bits per heavy atom. The van der Waals surface area contributed by atoms with E-state index < -0.39 is 17.5 Å². The Balaban J connectivity index is 2.11. The molecule has 3 nitrogen and oxygen atoms in total. The van der Waals surface area contributed by atoms with Gasteiger partial charge in [-0.05, 0) is 29.8 Å². The van der Waals surface area contributed by atoms with Crippen LogP contribution in [0.2, 0.25) is 0 Å². The number of rotatable bonds is 4. The molecule has 0 aliphatic rings. The fourth-order valence-corrected chi connectivity index (χ4v) is 2.52. The van der Waals surface area contributed by atoms with E-state index in [1.54, 1.807) is 0 Å². The third-order valence-electron chi connectivity index (χ3n) is 2.74. The van der Waals surface area contributed by atoms with Crippen LogP contribution in [0.15, 0.2) is 46.4 Å². The molecule has 21 heavy (non-hydrogen) atoms. The minimum atomic E-state index is -0.942. The summed E-state index contributed by atoms with van der Waals surface area (Å²) in [4.78, 5) is 0.494. The lowest BCUT2D eigenvalue weighted by atomic mass is 10.1. The zero-order valence-electron chi connectivity index (χ0n) is 10.7. The van der Waals surface area contributed by atoms with E-state index in [1.807, 2.05) is 0 Å². The maximum Gasteiger partial charge on any atom is 0.170 e. The van der Waals surface area contributed by atoms with Crippen LogP contribution >= 0.6 is 11.8 Å². The summed E-state index contributed by atoms with van der Waals surface area (Å²) in [5.74, 6) is -2.33. The van der Waals surface area contributed by atoms with Crippen molar-refractivity contribution in [3.63, 3.8) is 0 Å². The van der Waals surface area contributed by atoms with Crippen molar-refractivity contribution in [3.8, 4) is 0 Å². The van der Waals surface area contributed by atoms with Gasteiger partial charge in [-0.15, -0.1) is 11.8 Å². The molecule has 0 fully saturated rings. The molecule has 3 N–H and O–H groups in total. The van der Waals surface area contributed by atoms with Gasteiger partial charge in [-0.1, -0.05) is 17.3 Å². The van der Waals surface area contributed by atoms with Crippen molar-refractivity contribution in [1.82, 2.24) is 0 Å². The Morgan fingerprint density at radius 2 is 1.81 bits per heavy atom. The third kappa shape index (κ3) is 3.69. The van der Waals surface area contributed by atoms with E-state index in [-0.39, 0.29) is 17.2 Å². The quantitative estimate of drug-likeness (QED) is 0.299. The zero-order valence-corrected chi connectivity index (χ0v) is 11.5. The number of hydrogen-bond acceptors (Lipinski definition) is 3. The van der Waals surface area contributed by atoms with E-state index in [9.17, 15) is 13.2 Å². The van der Waals surface area contributed by atoms with Crippen molar-refractivity contribution in [2.24, 2.45) is 10.9 Å². The van der Waals surface area contributed by atoms with Crippen LogP contribution in [0, 0.1) is 17.5 Å². The Hall–Kier alpha value is -2.15. The van der Waals surface area contributed by atoms with Crippen LogP contribution in [0.4, 0.5) is 13.2 Å². The molecule has 0 aromatic heterocycles. The van der Waals surface area contributed by atoms with Gasteiger partial charge in [-0.3, -0.25) is 0 Å². The first kappa shape index (κ1) is 15.2. The molecule has 0 saturated heterocycles. The highest BCUT2D eigenvalue weighted by atomic mass is 32.2. The van der Waals surface area contributed by atoms with Gasteiger partial charge in [0.05, 0.1) is 0 Å². The van der Waals surface area contributed by atoms with Crippen LogP contribution in [-0.2, 0) is 5.75 Å². The van der Waals surface area contributed by atoms with Gasteiger partial charge in [-0.25, -0.2) is 13.2 Å². The van der Waals surface area contributed by atoms with Crippen molar-refractivity contribution >= 4 is 17.6 Å². The molecule has 0 radical (unpaired) electrons. The van der Waals surface area contributed by atoms with E-state index in [2.05, 4.69) is 5.16 Å². The van der Waals surface area contributed by atoms with Gasteiger partial charge in [0.25, 0.3) is 0 Å². The second-order valence-corrected chi connectivity index (χ2v) is 5.20. The lowest BCUT2D eigenvalue weighted by Gasteiger charge is -2.06. The van der Waals surface area contributed by atoms with Gasteiger partial charge in [0.2, 0.25) is 0 Å². The Morgan fingerprint density at radius 1 is 1.05 bits per heavy atom. The molecule has 0 aliphatic heterocycles. The molecule has 2 rings (SSSR count). The average Bonchev–Trinajstić information content (AvgIpc) is 2.48. The SMILES string of the molecule is N/C(=N\O)c1ccc(CSc2ccc(F)c(F)c2)c(F)c1. The fourth-order valence-electron chi connectivity index (χ4n) is 1.61. The summed E-state index contributed by atoms with van der Waals surface area (Å²) in [6.45, 7) is 0. The Bertz CT molecular complexity index is 692. The van der Waals surface area contributed by atoms with Crippen LogP contribution in [0.3, 0.4) is 0 Å². The van der Waals surface area contributed by atoms with Gasteiger partial charge >= 0.3 is 0 Å². The molecular weight excluding hydrogens is 301 g/mol. The van der Waals surface area contributed by atoms with Crippen molar-refractivity contribution in [1.29, 1.82) is 0 Å². The van der Waals surface area contributed by atoms with Crippen LogP contribution in [-0.4, -0.2) is 11.0 Å². The normalized spacial score (nSPS) is 11.7. The maximum absolute atomic E-state index is 13.9. The molecular formula is C14H11F3N2OS. The van der Waals surface area contributed by atoms with Crippen LogP contribution in [0.1, 0.15) is 11.1 Å². The van der Waals surface area contributed by atoms with E-state index in [0.717, 1.165) is 18.2 Å². The largest absolute Gasteiger partial charge is 0.409 e. The standard InChI is InChI=1S/C14H11F3N2OS/c15-11-4-3-10(6-13(11)17)21-7-9-2-1-8(5-12(9)16)14(18)19-20/h1-6,20H,7H2,(H2,18,19). The highest BCUT2D eigenvalue weighted by Gasteiger charge is 2.08. The van der Waals surface area contributed by atoms with Crippen molar-refractivity contribution in [2.75, 3.05) is 0 Å². The average molecular weight is 312 g/mol. The number of thioether (sulfide) groups is 1. The Kier molecular flexibility index (Phi) is 4.74. The van der Waals surface area contributed by atoms with Crippen molar-refractivity contribution < 1.29 is 18.4 Å². The minimum Gasteiger partial charge on any atom is -0.409 e. The molecule has 2 aromatic carbocycles. The number of nitrogens with zero attached hydrogens (tertiary/aromatic N) is 1. The summed E-state index contributed by atoms with van der Waals surface area (Å²) in [5.41, 5.74) is 5.99. The van der Waals surface area contributed by atoms with E-state index in [4.69, 9.17) is 10.9 Å². The highest BCUT2D eigenvalue weighted by molar-refractivity contribution is 7.98. The number of halogens is 3. The van der Waals surface area contributed by atoms with Crippen LogP contribution in [0.5, 0.6) is 0 Å². The van der Waals surface area contributed by atoms with E-state index in [1.165, 1.54) is 30.0 Å². The third-order valence-corrected chi connectivity index (χ3v) is 3.78. The van der Waals surface area contributed by atoms with Gasteiger partial charge in [0.15, 0.2) is 17.5 Å². The lowest BCUT2D eigenvalue weighted by molar-refractivity contribution is 0.318. The monoisotopic (exact) mass is 312 g/mol. The molecule has 2 aromatic rings. The molecule has 0 amide bonds. The Labute approximate surface area is 123 Å². The van der Waals surface area contributed by atoms with Gasteiger partial charge in [0, 0.05) is 16.2 Å². The maximum atomic E-state index is 13.9. The summed E-state index contributed by atoms with van der Waals surface area (Å²) >= 11 is 1.17. The number of oxime groups is 1. The molecule has 0 aliphatic carbocycles. The summed E-state index contributed by atoms with van der Waals surface area (Å²) in [7, 11) is 0. The van der Waals surface area contributed by atoms with Crippen molar-refractivity contribution in [2.45, 2.75) is 10.6 Å². The summed E-state index contributed by atoms with van der Waals surface area (Å²) in [6, 6.07) is 7.66. The molecule has 0 spiro atoms. The molecule has 7 heteroatoms. The topological polar surface area (TPSA) is 58.6 Å². The first-order valence-corrected chi connectivity index (χ1v) is 6.84. The second kappa shape index (κ2) is 6.53. The fraction of sp³-hybridized carbons (Fsp3) is 0.0714. The molecule has 0 atom stereocenters. The number of benzene rings is 2. The van der Waals surface area contributed by atoms with Gasteiger partial charge < -0.3 is 10.9 Å². The number of amidine groups is 1. The summed E-state index contributed by atoms with van der Waals surface area (Å²) in [5, 5.41) is 11.3. The zero-order chi connectivity index (χ0) is 15.4. The minimum absolute atomic E-state index is 0.186. The molecule has 0 saturated carbocycles. The van der Waals surface area contributed by atoms with Gasteiger partial charge in [-0.2, -0.15) is 0 Å². The predicted octanol–water partition coefficient (Wildman–Crippen LogP) is 3.49. The van der Waals surface area contributed by atoms with Gasteiger partial charge in [0.1, 0.15) is 5.82 Å². The lowest BCUT2D eigenvalue weighted by Crippen LogP contribution is -2.13. The molecule has 0 unspecified atom stereocenters. The van der Waals surface area contributed by atoms with E-state index in [0.29, 0.717) is 10.5 Å². The van der Waals surface area contributed by atoms with E-state index >= 15 is 0 Å². The second-order valence-electron chi connectivity index (χ2n) is 4.16. The van der Waals surface area contributed by atoms with Crippen LogP contribution < -0.4 is 5.73 Å². The number of hydrogen-bond donors (Lipinski definition) is 2. The molecule has 0 heterocycles. The summed E-state index contributed by atoms with van der Waals surface area (Å²) in [6.07, 6.45) is 0. The number of nitrogens with two attached hydrogens (primary N) is 1. The smallest absolute Gasteiger partial charge is 0.170 e. The van der Waals surface area contributed by atoms with Crippen LogP contribution in [0.25, 0.3) is 0 Å². The van der Waals surface area contributed by atoms with Crippen molar-refractivity contribution in [3.05, 3.63) is 65.0 Å². The molecule has 110 valence electrons. The highest BCUT2D eigenvalue weighted by Crippen LogP contribution is 2.25. The molecule has 0 bridgehead atoms. The predicted molar refractivity (Wildman–Crippen MR) is 74.8 cm³/mol. The first-order chi connectivity index (χ1) is 10.0. The summed E-state index contributed by atoms with van der Waals surface area (Å²) < 4.78 is 39.7. The first-order valence-electron chi connectivity index (χ1n) is 5.85.